The van der Waals surface area contributed by atoms with E-state index in [4.69, 9.17) is 18.9 Å². The number of hydrogen-bond donors (Lipinski definition) is 1. The first-order chi connectivity index (χ1) is 15.9. The molecule has 6 heteroatoms. The zero-order chi connectivity index (χ0) is 24.0. The van der Waals surface area contributed by atoms with Crippen molar-refractivity contribution in [2.45, 2.75) is 95.6 Å². The Hall–Kier alpha value is -0.683. The van der Waals surface area contributed by atoms with Crippen molar-refractivity contribution in [1.29, 1.82) is 0 Å². The van der Waals surface area contributed by atoms with Gasteiger partial charge in [0.2, 0.25) is 0 Å². The van der Waals surface area contributed by atoms with Crippen LogP contribution in [0.5, 0.6) is 0 Å². The molecule has 5 fully saturated rings. The molecule has 2 heterocycles. The summed E-state index contributed by atoms with van der Waals surface area (Å²) in [4.78, 5) is 0. The van der Waals surface area contributed by atoms with Crippen LogP contribution >= 0.6 is 0 Å². The molecule has 0 unspecified atom stereocenters. The van der Waals surface area contributed by atoms with Crippen molar-refractivity contribution in [2.24, 2.45) is 28.6 Å². The lowest BCUT2D eigenvalue weighted by molar-refractivity contribution is -0.268. The lowest BCUT2D eigenvalue weighted by Crippen LogP contribution is -2.65. The summed E-state index contributed by atoms with van der Waals surface area (Å²) in [5.41, 5.74) is 3.62. The van der Waals surface area contributed by atoms with Crippen molar-refractivity contribution in [1.82, 2.24) is 0 Å². The van der Waals surface area contributed by atoms with E-state index < -0.39 is 25.2 Å². The highest BCUT2D eigenvalue weighted by atomic mass is 28.3. The van der Waals surface area contributed by atoms with Gasteiger partial charge in [-0.05, 0) is 42.9 Å². The zero-order valence-electron chi connectivity index (χ0n) is 21.7. The Kier molecular flexibility index (Phi) is 5.18. The summed E-state index contributed by atoms with van der Waals surface area (Å²) in [6.45, 7) is 14.2. The summed E-state index contributed by atoms with van der Waals surface area (Å²) >= 11 is 0. The van der Waals surface area contributed by atoms with Crippen LogP contribution in [0.15, 0.2) is 11.6 Å². The first kappa shape index (κ1) is 23.7. The van der Waals surface area contributed by atoms with Crippen LogP contribution in [-0.4, -0.2) is 56.8 Å². The predicted molar refractivity (Wildman–Crippen MR) is 132 cm³/mol. The molecule has 0 bridgehead atoms. The van der Waals surface area contributed by atoms with Gasteiger partial charge in [0.15, 0.2) is 11.6 Å². The van der Waals surface area contributed by atoms with Crippen molar-refractivity contribution < 1.29 is 24.1 Å². The van der Waals surface area contributed by atoms with Crippen molar-refractivity contribution in [3.63, 3.8) is 0 Å². The predicted octanol–water partition coefficient (Wildman–Crippen LogP) is 4.66. The van der Waals surface area contributed by atoms with Crippen LogP contribution in [-0.2, 0) is 18.9 Å². The average Bonchev–Trinajstić information content (AvgIpc) is 3.48. The molecule has 6 aliphatic rings. The Morgan fingerprint density at radius 1 is 0.971 bits per heavy atom. The van der Waals surface area contributed by atoms with Crippen molar-refractivity contribution in [2.75, 3.05) is 26.4 Å². The Bertz CT molecular complexity index is 946. The molecular formula is C28H42O5Si. The van der Waals surface area contributed by atoms with E-state index in [0.717, 1.165) is 38.5 Å². The number of fused-ring (bicyclic) bond motifs is 6. The minimum absolute atomic E-state index is 0.0964. The molecule has 2 saturated heterocycles. The third-order valence-corrected chi connectivity index (χ3v) is 11.2. The molecule has 34 heavy (non-hydrogen) atoms. The van der Waals surface area contributed by atoms with Gasteiger partial charge in [-0.1, -0.05) is 51.1 Å². The van der Waals surface area contributed by atoms with Gasteiger partial charge >= 0.3 is 0 Å². The largest absolute Gasteiger partial charge is 0.377 e. The molecule has 2 spiro atoms. The van der Waals surface area contributed by atoms with Crippen LogP contribution < -0.4 is 0 Å². The van der Waals surface area contributed by atoms with Crippen LogP contribution in [0, 0.1) is 40.0 Å². The number of rotatable bonds is 0. The Balaban J connectivity index is 1.45. The molecule has 4 aliphatic carbocycles. The van der Waals surface area contributed by atoms with Gasteiger partial charge in [0.05, 0.1) is 26.4 Å². The van der Waals surface area contributed by atoms with Gasteiger partial charge in [-0.25, -0.2) is 0 Å². The molecule has 5 nitrogen and oxygen atoms in total. The standard InChI is InChI=1S/C28H42O5Si/c1-24-10-11-27(30-13-14-31-27)18-20(24)6-7-21-22-8-9-28(32-15-16-33-28)25(22,2)19-26(29,23(21)24)12-17-34(3,4)5/h6,21-23,29H,7-11,13-16,18-19H2,1-5H3/t21-,22-,23-,24-,25-,26-/m0/s1. The van der Waals surface area contributed by atoms with Gasteiger partial charge < -0.3 is 24.1 Å². The summed E-state index contributed by atoms with van der Waals surface area (Å²) in [6, 6.07) is 0. The van der Waals surface area contributed by atoms with E-state index in [0.29, 0.717) is 44.7 Å². The molecule has 2 aliphatic heterocycles. The monoisotopic (exact) mass is 486 g/mol. The highest BCUT2D eigenvalue weighted by Crippen LogP contribution is 2.71. The topological polar surface area (TPSA) is 57.2 Å². The number of ether oxygens (including phenoxy) is 4. The number of hydrogen-bond acceptors (Lipinski definition) is 5. The van der Waals surface area contributed by atoms with E-state index in [1.54, 1.807) is 0 Å². The van der Waals surface area contributed by atoms with Gasteiger partial charge in [-0.2, -0.15) is 0 Å². The van der Waals surface area contributed by atoms with Gasteiger partial charge in [0, 0.05) is 30.6 Å². The Labute approximate surface area is 205 Å². The summed E-state index contributed by atoms with van der Waals surface area (Å²) in [7, 11) is -1.68. The van der Waals surface area contributed by atoms with Gasteiger partial charge in [0.1, 0.15) is 13.7 Å². The molecule has 0 aromatic carbocycles. The van der Waals surface area contributed by atoms with E-state index in [1.807, 2.05) is 0 Å². The molecule has 0 amide bonds. The van der Waals surface area contributed by atoms with Crippen LogP contribution in [0.4, 0.5) is 0 Å². The second kappa shape index (κ2) is 7.43. The molecule has 0 aromatic rings. The molecular weight excluding hydrogens is 444 g/mol. The van der Waals surface area contributed by atoms with Gasteiger partial charge in [-0.3, -0.25) is 0 Å². The second-order valence-corrected chi connectivity index (χ2v) is 18.2. The van der Waals surface area contributed by atoms with E-state index in [9.17, 15) is 5.11 Å². The lowest BCUT2D eigenvalue weighted by atomic mass is 9.43. The zero-order valence-corrected chi connectivity index (χ0v) is 22.7. The fourth-order valence-electron chi connectivity index (χ4n) is 8.96. The summed E-state index contributed by atoms with van der Waals surface area (Å²) in [6.07, 6.45) is 8.80. The molecule has 6 rings (SSSR count). The first-order valence-electron chi connectivity index (χ1n) is 13.5. The van der Waals surface area contributed by atoms with Crippen LogP contribution in [0.2, 0.25) is 19.6 Å². The Morgan fingerprint density at radius 3 is 2.32 bits per heavy atom. The first-order valence-corrected chi connectivity index (χ1v) is 17.0. The second-order valence-electron chi connectivity index (χ2n) is 13.4. The summed E-state index contributed by atoms with van der Waals surface area (Å²) in [5, 5.41) is 12.7. The molecule has 0 radical (unpaired) electrons. The van der Waals surface area contributed by atoms with E-state index in [1.165, 1.54) is 5.57 Å². The highest BCUT2D eigenvalue weighted by Gasteiger charge is 2.72. The SMILES string of the molecule is C[C@]12CCC3(CC1=CC[C@H]1[C@@H]4CCC5(OCCO5)[C@@]4(C)C[C@@](O)(C#C[Si](C)(C)C)[C@@H]12)OCCO3. The fourth-order valence-corrected chi connectivity index (χ4v) is 9.55. The normalized spacial score (nSPS) is 46.4. The maximum atomic E-state index is 12.7. The number of allylic oxidation sites excluding steroid dienone is 1. The smallest absolute Gasteiger partial charge is 0.174 e. The quantitative estimate of drug-likeness (QED) is 0.307. The van der Waals surface area contributed by atoms with Crippen LogP contribution in [0.25, 0.3) is 0 Å². The minimum Gasteiger partial charge on any atom is -0.377 e. The molecule has 3 saturated carbocycles. The van der Waals surface area contributed by atoms with Crippen molar-refractivity contribution >= 4 is 8.07 Å². The maximum Gasteiger partial charge on any atom is 0.174 e. The third kappa shape index (κ3) is 3.24. The van der Waals surface area contributed by atoms with Gasteiger partial charge in [-0.15, -0.1) is 5.54 Å². The molecule has 188 valence electrons. The molecule has 6 atom stereocenters. The maximum absolute atomic E-state index is 12.7. The molecule has 0 aromatic heterocycles. The third-order valence-electron chi connectivity index (χ3n) is 10.3. The van der Waals surface area contributed by atoms with E-state index in [-0.39, 0.29) is 16.7 Å². The summed E-state index contributed by atoms with van der Waals surface area (Å²) in [5.74, 6) is 3.50. The lowest BCUT2D eigenvalue weighted by Gasteiger charge is -2.63. The number of aliphatic hydroxyl groups is 1. The van der Waals surface area contributed by atoms with Crippen molar-refractivity contribution in [3.8, 4) is 11.5 Å². The molecule has 1 N–H and O–H groups in total. The van der Waals surface area contributed by atoms with E-state index >= 15 is 0 Å². The van der Waals surface area contributed by atoms with Crippen LogP contribution in [0.3, 0.4) is 0 Å². The summed E-state index contributed by atoms with van der Waals surface area (Å²) < 4.78 is 25.0. The highest BCUT2D eigenvalue weighted by molar-refractivity contribution is 6.83. The van der Waals surface area contributed by atoms with Gasteiger partial charge in [0.25, 0.3) is 0 Å². The average molecular weight is 487 g/mol. The van der Waals surface area contributed by atoms with Crippen molar-refractivity contribution in [3.05, 3.63) is 11.6 Å². The Morgan fingerprint density at radius 2 is 1.65 bits per heavy atom. The minimum atomic E-state index is -1.68. The van der Waals surface area contributed by atoms with E-state index in [2.05, 4.69) is 51.0 Å². The van der Waals surface area contributed by atoms with Crippen LogP contribution in [0.1, 0.15) is 58.8 Å². The fraction of sp³-hybridized carbons (Fsp3) is 0.857.